The van der Waals surface area contributed by atoms with Crippen LogP contribution in [0.5, 0.6) is 0 Å². The van der Waals surface area contributed by atoms with E-state index in [1.807, 2.05) is 53.6 Å². The largest absolute Gasteiger partial charge is 0.352 e. The highest BCUT2D eigenvalue weighted by Gasteiger charge is 2.37. The van der Waals surface area contributed by atoms with E-state index >= 15 is 0 Å². The van der Waals surface area contributed by atoms with E-state index in [2.05, 4.69) is 31.1 Å². The van der Waals surface area contributed by atoms with Gasteiger partial charge in [-0.25, -0.2) is 8.42 Å². The zero-order valence-electron chi connectivity index (χ0n) is 17.5. The average molecular weight is 446 g/mol. The number of halogens is 1. The van der Waals surface area contributed by atoms with Crippen molar-refractivity contribution in [2.75, 3.05) is 24.5 Å². The Balaban J connectivity index is 0.00000256. The van der Waals surface area contributed by atoms with Gasteiger partial charge in [0.2, 0.25) is 9.84 Å². The number of benzene rings is 2. The monoisotopic (exact) mass is 445 g/mol. The second kappa shape index (κ2) is 8.53. The summed E-state index contributed by atoms with van der Waals surface area (Å²) in [5.41, 5.74) is 1.51. The minimum atomic E-state index is -3.58. The van der Waals surface area contributed by atoms with Gasteiger partial charge in [-0.15, -0.1) is 12.4 Å². The Morgan fingerprint density at radius 3 is 2.60 bits per heavy atom. The van der Waals surface area contributed by atoms with Crippen molar-refractivity contribution in [1.82, 2.24) is 10.3 Å². The van der Waals surface area contributed by atoms with Crippen LogP contribution in [0.15, 0.2) is 65.8 Å². The van der Waals surface area contributed by atoms with E-state index in [1.54, 1.807) is 12.3 Å². The number of pyridine rings is 1. The first-order chi connectivity index (χ1) is 13.8. The standard InChI is InChI=1S/C23H27N3O2S.ClH/c1-23(2,3)20-6-4-5-7-21(20)29(27,28)22-16-25-12-13-26(22)19-9-8-17-10-11-24-15-18(17)14-19;/h4-11,14-15,22,25H,12-13,16H2,1-3H3;1H. The molecule has 1 saturated heterocycles. The van der Waals surface area contributed by atoms with E-state index in [0.717, 1.165) is 28.6 Å². The molecular weight excluding hydrogens is 418 g/mol. The molecule has 0 saturated carbocycles. The predicted octanol–water partition coefficient (Wildman–Crippen LogP) is 4.16. The summed E-state index contributed by atoms with van der Waals surface area (Å²) < 4.78 is 27.6. The zero-order valence-corrected chi connectivity index (χ0v) is 19.1. The number of aromatic nitrogens is 1. The van der Waals surface area contributed by atoms with E-state index in [4.69, 9.17) is 0 Å². The van der Waals surface area contributed by atoms with Crippen LogP contribution in [-0.4, -0.2) is 38.4 Å². The number of nitrogens with zero attached hydrogens (tertiary/aromatic N) is 2. The molecule has 3 aromatic rings. The second-order valence-electron chi connectivity index (χ2n) is 8.55. The molecule has 1 unspecified atom stereocenters. The fourth-order valence-electron chi connectivity index (χ4n) is 3.98. The van der Waals surface area contributed by atoms with Gasteiger partial charge in [0.05, 0.1) is 4.90 Å². The first-order valence-electron chi connectivity index (χ1n) is 9.93. The summed E-state index contributed by atoms with van der Waals surface area (Å²) in [6.45, 7) is 7.93. The molecule has 1 aromatic heterocycles. The number of fused-ring (bicyclic) bond motifs is 1. The number of anilines is 1. The van der Waals surface area contributed by atoms with Crippen LogP contribution < -0.4 is 10.2 Å². The SMILES string of the molecule is CC(C)(C)c1ccccc1S(=O)(=O)C1CNCCN1c1ccc2ccncc2c1.Cl. The van der Waals surface area contributed by atoms with E-state index in [-0.39, 0.29) is 17.8 Å². The summed E-state index contributed by atoms with van der Waals surface area (Å²) in [6, 6.07) is 15.4. The van der Waals surface area contributed by atoms with Gasteiger partial charge >= 0.3 is 0 Å². The summed E-state index contributed by atoms with van der Waals surface area (Å²) in [5, 5.41) is 4.72. The fraction of sp³-hybridized carbons (Fsp3) is 0.348. The molecule has 4 rings (SSSR count). The fourth-order valence-corrected chi connectivity index (χ4v) is 6.13. The summed E-state index contributed by atoms with van der Waals surface area (Å²) in [4.78, 5) is 6.64. The molecule has 0 amide bonds. The van der Waals surface area contributed by atoms with Crippen molar-refractivity contribution in [1.29, 1.82) is 0 Å². The smallest absolute Gasteiger partial charge is 0.200 e. The van der Waals surface area contributed by atoms with Crippen LogP contribution in [0.3, 0.4) is 0 Å². The van der Waals surface area contributed by atoms with Gasteiger partial charge in [0, 0.05) is 43.1 Å². The molecule has 0 aliphatic carbocycles. The van der Waals surface area contributed by atoms with Crippen LogP contribution in [0.2, 0.25) is 0 Å². The summed E-state index contributed by atoms with van der Waals surface area (Å²) in [7, 11) is -3.58. The molecule has 1 N–H and O–H groups in total. The van der Waals surface area contributed by atoms with Crippen molar-refractivity contribution in [3.05, 3.63) is 66.5 Å². The number of piperazine rings is 1. The van der Waals surface area contributed by atoms with Gasteiger partial charge in [-0.3, -0.25) is 4.98 Å². The molecule has 2 aromatic carbocycles. The highest BCUT2D eigenvalue weighted by Crippen LogP contribution is 2.33. The van der Waals surface area contributed by atoms with Crippen molar-refractivity contribution in [2.45, 2.75) is 36.5 Å². The second-order valence-corrected chi connectivity index (χ2v) is 10.6. The summed E-state index contributed by atoms with van der Waals surface area (Å²) >= 11 is 0. The molecule has 1 aliphatic rings. The highest BCUT2D eigenvalue weighted by atomic mass is 35.5. The third kappa shape index (κ3) is 4.17. The van der Waals surface area contributed by atoms with Crippen LogP contribution in [0.1, 0.15) is 26.3 Å². The molecule has 7 heteroatoms. The maximum Gasteiger partial charge on any atom is 0.200 e. The minimum absolute atomic E-state index is 0. The van der Waals surface area contributed by atoms with E-state index in [9.17, 15) is 8.42 Å². The average Bonchev–Trinajstić information content (AvgIpc) is 2.73. The number of nitrogens with one attached hydrogen (secondary N) is 1. The zero-order chi connectivity index (χ0) is 20.6. The van der Waals surface area contributed by atoms with Crippen molar-refractivity contribution in [3.8, 4) is 0 Å². The molecule has 1 atom stereocenters. The molecule has 5 nitrogen and oxygen atoms in total. The lowest BCUT2D eigenvalue weighted by atomic mass is 9.87. The molecule has 1 aliphatic heterocycles. The van der Waals surface area contributed by atoms with Gasteiger partial charge in [-0.1, -0.05) is 45.0 Å². The Bertz CT molecular complexity index is 1140. The number of sulfone groups is 1. The third-order valence-corrected chi connectivity index (χ3v) is 7.62. The van der Waals surface area contributed by atoms with Gasteiger partial charge in [-0.2, -0.15) is 0 Å². The van der Waals surface area contributed by atoms with E-state index in [1.165, 1.54) is 0 Å². The molecule has 0 bridgehead atoms. The van der Waals surface area contributed by atoms with Gasteiger partial charge in [-0.05, 0) is 40.6 Å². The van der Waals surface area contributed by atoms with Crippen molar-refractivity contribution >= 4 is 38.7 Å². The Hall–Kier alpha value is -2.15. The molecule has 2 heterocycles. The first-order valence-corrected chi connectivity index (χ1v) is 11.5. The summed E-state index contributed by atoms with van der Waals surface area (Å²) in [5.74, 6) is 0. The Labute approximate surface area is 184 Å². The Morgan fingerprint density at radius 2 is 1.83 bits per heavy atom. The lowest BCUT2D eigenvalue weighted by Gasteiger charge is -2.38. The van der Waals surface area contributed by atoms with Crippen LogP contribution in [0, 0.1) is 0 Å². The van der Waals surface area contributed by atoms with Crippen molar-refractivity contribution in [2.24, 2.45) is 0 Å². The molecule has 0 spiro atoms. The van der Waals surface area contributed by atoms with Crippen LogP contribution >= 0.6 is 12.4 Å². The Kier molecular flexibility index (Phi) is 6.41. The van der Waals surface area contributed by atoms with Crippen molar-refractivity contribution in [3.63, 3.8) is 0 Å². The maximum absolute atomic E-state index is 13.8. The van der Waals surface area contributed by atoms with Crippen LogP contribution in [0.25, 0.3) is 10.8 Å². The molecule has 160 valence electrons. The maximum atomic E-state index is 13.8. The number of hydrogen-bond donors (Lipinski definition) is 1. The third-order valence-electron chi connectivity index (χ3n) is 5.51. The molecular formula is C23H28ClN3O2S. The molecule has 0 radical (unpaired) electrons. The minimum Gasteiger partial charge on any atom is -0.352 e. The lowest BCUT2D eigenvalue weighted by molar-refractivity contribution is 0.513. The van der Waals surface area contributed by atoms with Gasteiger partial charge in [0.1, 0.15) is 5.37 Å². The van der Waals surface area contributed by atoms with Gasteiger partial charge < -0.3 is 10.2 Å². The van der Waals surface area contributed by atoms with Crippen LogP contribution in [-0.2, 0) is 15.3 Å². The lowest BCUT2D eigenvalue weighted by Crippen LogP contribution is -2.55. The Morgan fingerprint density at radius 1 is 1.07 bits per heavy atom. The van der Waals surface area contributed by atoms with E-state index < -0.39 is 15.2 Å². The normalized spacial score (nSPS) is 17.6. The van der Waals surface area contributed by atoms with E-state index in [0.29, 0.717) is 18.0 Å². The quantitative estimate of drug-likeness (QED) is 0.655. The first kappa shape index (κ1) is 22.5. The molecule has 1 fully saturated rings. The van der Waals surface area contributed by atoms with Gasteiger partial charge in [0.25, 0.3) is 0 Å². The predicted molar refractivity (Wildman–Crippen MR) is 125 cm³/mol. The van der Waals surface area contributed by atoms with Gasteiger partial charge in [0.15, 0.2) is 0 Å². The molecule has 30 heavy (non-hydrogen) atoms. The topological polar surface area (TPSA) is 62.3 Å². The summed E-state index contributed by atoms with van der Waals surface area (Å²) in [6.07, 6.45) is 3.59. The van der Waals surface area contributed by atoms with Crippen LogP contribution in [0.4, 0.5) is 5.69 Å². The van der Waals surface area contributed by atoms with Crippen molar-refractivity contribution < 1.29 is 8.42 Å². The number of rotatable bonds is 3. The number of hydrogen-bond acceptors (Lipinski definition) is 5. The highest BCUT2D eigenvalue weighted by molar-refractivity contribution is 7.92.